The van der Waals surface area contributed by atoms with Gasteiger partial charge in [0.15, 0.2) is 0 Å². The van der Waals surface area contributed by atoms with Crippen LogP contribution >= 0.6 is 12.4 Å². The van der Waals surface area contributed by atoms with Crippen molar-refractivity contribution in [1.82, 2.24) is 15.5 Å². The number of para-hydroxylation sites is 1. The SMILES string of the molecule is CC(C)NC(=O)Nc1ccccc1C(=O)N1CCNCC1.Cl. The van der Waals surface area contributed by atoms with Crippen LogP contribution in [0.1, 0.15) is 24.2 Å². The van der Waals surface area contributed by atoms with Crippen LogP contribution in [0, 0.1) is 0 Å². The maximum atomic E-state index is 12.6. The average molecular weight is 327 g/mol. The summed E-state index contributed by atoms with van der Waals surface area (Å²) in [7, 11) is 0. The summed E-state index contributed by atoms with van der Waals surface area (Å²) in [5, 5.41) is 8.72. The molecule has 1 aliphatic rings. The molecule has 0 spiro atoms. The Bertz CT molecular complexity index is 516. The zero-order valence-corrected chi connectivity index (χ0v) is 13.7. The van der Waals surface area contributed by atoms with Gasteiger partial charge < -0.3 is 20.9 Å². The lowest BCUT2D eigenvalue weighted by molar-refractivity contribution is 0.0737. The summed E-state index contributed by atoms with van der Waals surface area (Å²) in [5.74, 6) is -0.0445. The molecule has 0 bridgehead atoms. The first kappa shape index (κ1) is 18.3. The van der Waals surface area contributed by atoms with E-state index in [0.29, 0.717) is 24.3 Å². The number of piperazine rings is 1. The number of rotatable bonds is 3. The highest BCUT2D eigenvalue weighted by Crippen LogP contribution is 2.17. The molecule has 0 saturated carbocycles. The normalized spacial score (nSPS) is 14.2. The number of anilines is 1. The lowest BCUT2D eigenvalue weighted by atomic mass is 10.1. The lowest BCUT2D eigenvalue weighted by Gasteiger charge is -2.28. The molecule has 1 fully saturated rings. The fourth-order valence-corrected chi connectivity index (χ4v) is 2.24. The largest absolute Gasteiger partial charge is 0.336 e. The number of carbonyl (C=O) groups is 2. The van der Waals surface area contributed by atoms with Crippen LogP contribution in [0.4, 0.5) is 10.5 Å². The number of urea groups is 1. The molecule has 0 unspecified atom stereocenters. The van der Waals surface area contributed by atoms with Gasteiger partial charge in [-0.05, 0) is 26.0 Å². The van der Waals surface area contributed by atoms with E-state index in [-0.39, 0.29) is 30.4 Å². The highest BCUT2D eigenvalue weighted by molar-refractivity contribution is 6.03. The van der Waals surface area contributed by atoms with E-state index in [1.807, 2.05) is 13.8 Å². The molecule has 3 amide bonds. The number of amides is 3. The highest BCUT2D eigenvalue weighted by atomic mass is 35.5. The van der Waals surface area contributed by atoms with Crippen LogP contribution in [0.5, 0.6) is 0 Å². The number of benzene rings is 1. The summed E-state index contributed by atoms with van der Waals surface area (Å²) < 4.78 is 0. The molecule has 2 rings (SSSR count). The predicted molar refractivity (Wildman–Crippen MR) is 89.8 cm³/mol. The van der Waals surface area contributed by atoms with Crippen LogP contribution < -0.4 is 16.0 Å². The van der Waals surface area contributed by atoms with Gasteiger partial charge in [-0.25, -0.2) is 4.79 Å². The molecule has 1 aliphatic heterocycles. The first-order chi connectivity index (χ1) is 10.1. The van der Waals surface area contributed by atoms with Gasteiger partial charge in [0, 0.05) is 32.2 Å². The van der Waals surface area contributed by atoms with Crippen molar-refractivity contribution >= 4 is 30.0 Å². The molecule has 122 valence electrons. The second-order valence-electron chi connectivity index (χ2n) is 5.34. The Morgan fingerprint density at radius 1 is 1.18 bits per heavy atom. The zero-order chi connectivity index (χ0) is 15.2. The molecule has 7 heteroatoms. The quantitative estimate of drug-likeness (QED) is 0.791. The van der Waals surface area contributed by atoms with Crippen molar-refractivity contribution in [2.75, 3.05) is 31.5 Å². The van der Waals surface area contributed by atoms with E-state index in [4.69, 9.17) is 0 Å². The Kier molecular flexibility index (Phi) is 7.14. The molecular formula is C15H23ClN4O2. The monoisotopic (exact) mass is 326 g/mol. The second-order valence-corrected chi connectivity index (χ2v) is 5.34. The molecule has 6 nitrogen and oxygen atoms in total. The van der Waals surface area contributed by atoms with Crippen molar-refractivity contribution in [2.24, 2.45) is 0 Å². The smallest absolute Gasteiger partial charge is 0.319 e. The summed E-state index contributed by atoms with van der Waals surface area (Å²) >= 11 is 0. The Labute approximate surface area is 137 Å². The van der Waals surface area contributed by atoms with Crippen LogP contribution in [-0.2, 0) is 0 Å². The third kappa shape index (κ3) is 4.89. The van der Waals surface area contributed by atoms with E-state index in [1.54, 1.807) is 29.2 Å². The molecule has 1 heterocycles. The standard InChI is InChI=1S/C15H22N4O2.ClH/c1-11(2)17-15(21)18-13-6-4-3-5-12(13)14(20)19-9-7-16-8-10-19;/h3-6,11,16H,7-10H2,1-2H3,(H2,17,18,21);1H. The molecule has 22 heavy (non-hydrogen) atoms. The Balaban J connectivity index is 0.00000242. The molecule has 0 aromatic heterocycles. The van der Waals surface area contributed by atoms with E-state index >= 15 is 0 Å². The summed E-state index contributed by atoms with van der Waals surface area (Å²) in [6.45, 7) is 6.75. The molecule has 0 radical (unpaired) electrons. The van der Waals surface area contributed by atoms with Crippen molar-refractivity contribution in [3.63, 3.8) is 0 Å². The summed E-state index contributed by atoms with van der Waals surface area (Å²) in [6, 6.07) is 6.84. The third-order valence-corrected chi connectivity index (χ3v) is 3.23. The van der Waals surface area contributed by atoms with Gasteiger partial charge in [0.25, 0.3) is 5.91 Å². The fourth-order valence-electron chi connectivity index (χ4n) is 2.24. The van der Waals surface area contributed by atoms with Gasteiger partial charge in [0.1, 0.15) is 0 Å². The third-order valence-electron chi connectivity index (χ3n) is 3.23. The van der Waals surface area contributed by atoms with Gasteiger partial charge in [0.05, 0.1) is 11.3 Å². The van der Waals surface area contributed by atoms with Gasteiger partial charge >= 0.3 is 6.03 Å². The number of nitrogens with one attached hydrogen (secondary N) is 3. The minimum absolute atomic E-state index is 0. The zero-order valence-electron chi connectivity index (χ0n) is 12.9. The number of nitrogens with zero attached hydrogens (tertiary/aromatic N) is 1. The van der Waals surface area contributed by atoms with Crippen LogP contribution in [0.2, 0.25) is 0 Å². The molecule has 0 aliphatic carbocycles. The maximum Gasteiger partial charge on any atom is 0.319 e. The van der Waals surface area contributed by atoms with Crippen molar-refractivity contribution in [3.05, 3.63) is 29.8 Å². The first-order valence-corrected chi connectivity index (χ1v) is 7.24. The fraction of sp³-hybridized carbons (Fsp3) is 0.467. The molecule has 3 N–H and O–H groups in total. The van der Waals surface area contributed by atoms with E-state index in [1.165, 1.54) is 0 Å². The van der Waals surface area contributed by atoms with E-state index < -0.39 is 0 Å². The Hall–Kier alpha value is -1.79. The van der Waals surface area contributed by atoms with E-state index in [9.17, 15) is 9.59 Å². The molecule has 1 aromatic rings. The van der Waals surface area contributed by atoms with Gasteiger partial charge in [-0.1, -0.05) is 12.1 Å². The molecule has 1 saturated heterocycles. The predicted octanol–water partition coefficient (Wildman–Crippen LogP) is 1.68. The van der Waals surface area contributed by atoms with Crippen molar-refractivity contribution in [1.29, 1.82) is 0 Å². The second kappa shape index (κ2) is 8.60. The molecular weight excluding hydrogens is 304 g/mol. The van der Waals surface area contributed by atoms with Crippen LogP contribution in [-0.4, -0.2) is 49.1 Å². The number of hydrogen-bond donors (Lipinski definition) is 3. The molecule has 0 atom stereocenters. The topological polar surface area (TPSA) is 73.5 Å². The average Bonchev–Trinajstić information content (AvgIpc) is 2.47. The van der Waals surface area contributed by atoms with Crippen molar-refractivity contribution in [2.45, 2.75) is 19.9 Å². The number of carbonyl (C=O) groups excluding carboxylic acids is 2. The van der Waals surface area contributed by atoms with Crippen molar-refractivity contribution < 1.29 is 9.59 Å². The van der Waals surface area contributed by atoms with Crippen molar-refractivity contribution in [3.8, 4) is 0 Å². The van der Waals surface area contributed by atoms with Crippen LogP contribution in [0.3, 0.4) is 0 Å². The first-order valence-electron chi connectivity index (χ1n) is 7.24. The highest BCUT2D eigenvalue weighted by Gasteiger charge is 2.21. The number of halogens is 1. The maximum absolute atomic E-state index is 12.6. The van der Waals surface area contributed by atoms with E-state index in [0.717, 1.165) is 13.1 Å². The minimum atomic E-state index is -0.300. The Morgan fingerprint density at radius 2 is 1.82 bits per heavy atom. The van der Waals surface area contributed by atoms with Gasteiger partial charge in [0.2, 0.25) is 0 Å². The van der Waals surface area contributed by atoms with Gasteiger partial charge in [-0.3, -0.25) is 4.79 Å². The lowest BCUT2D eigenvalue weighted by Crippen LogP contribution is -2.46. The summed E-state index contributed by atoms with van der Waals surface area (Å²) in [4.78, 5) is 26.2. The van der Waals surface area contributed by atoms with E-state index in [2.05, 4.69) is 16.0 Å². The Morgan fingerprint density at radius 3 is 2.45 bits per heavy atom. The van der Waals surface area contributed by atoms with Crippen LogP contribution in [0.25, 0.3) is 0 Å². The molecule has 1 aromatic carbocycles. The minimum Gasteiger partial charge on any atom is -0.336 e. The van der Waals surface area contributed by atoms with Gasteiger partial charge in [-0.15, -0.1) is 12.4 Å². The number of hydrogen-bond acceptors (Lipinski definition) is 3. The van der Waals surface area contributed by atoms with Crippen LogP contribution in [0.15, 0.2) is 24.3 Å². The van der Waals surface area contributed by atoms with Gasteiger partial charge in [-0.2, -0.15) is 0 Å². The summed E-state index contributed by atoms with van der Waals surface area (Å²) in [6.07, 6.45) is 0. The summed E-state index contributed by atoms with van der Waals surface area (Å²) in [5.41, 5.74) is 1.07.